The van der Waals surface area contributed by atoms with Crippen LogP contribution in [0.1, 0.15) is 59.3 Å². The normalized spacial score (nSPS) is 16.1. The molecule has 0 aliphatic carbocycles. The molecule has 0 bridgehead atoms. The van der Waals surface area contributed by atoms with Gasteiger partial charge < -0.3 is 25.2 Å². The van der Waals surface area contributed by atoms with Crippen molar-refractivity contribution in [3.8, 4) is 22.4 Å². The Kier molecular flexibility index (Phi) is 11.3. The Bertz CT molecular complexity index is 1530. The fourth-order valence-corrected chi connectivity index (χ4v) is 6.28. The van der Waals surface area contributed by atoms with Crippen LogP contribution in [0.5, 0.6) is 0 Å². The number of hydrogen-bond acceptors (Lipinski definition) is 7. The first-order valence-corrected chi connectivity index (χ1v) is 16.9. The predicted molar refractivity (Wildman–Crippen MR) is 184 cm³/mol. The highest BCUT2D eigenvalue weighted by Crippen LogP contribution is 2.31. The van der Waals surface area contributed by atoms with Crippen LogP contribution in [-0.2, 0) is 14.3 Å². The van der Waals surface area contributed by atoms with Crippen LogP contribution < -0.4 is 10.6 Å². The fourth-order valence-electron chi connectivity index (χ4n) is 6.08. The van der Waals surface area contributed by atoms with Gasteiger partial charge in [-0.05, 0) is 70.1 Å². The molecule has 3 aromatic rings. The molecule has 0 saturated carbocycles. The molecule has 10 nitrogen and oxygen atoms in total. The van der Waals surface area contributed by atoms with Gasteiger partial charge in [0.25, 0.3) is 0 Å². The third kappa shape index (κ3) is 9.67. The van der Waals surface area contributed by atoms with E-state index in [1.165, 1.54) is 0 Å². The third-order valence-corrected chi connectivity index (χ3v) is 8.84. The van der Waals surface area contributed by atoms with Crippen LogP contribution in [-0.4, -0.2) is 82.0 Å². The molecule has 3 heterocycles. The summed E-state index contributed by atoms with van der Waals surface area (Å²) >= 11 is 6.55. The number of likely N-dealkylation sites (tertiary alicyclic amines) is 2. The maximum Gasteiger partial charge on any atom is 0.407 e. The molecule has 2 fully saturated rings. The summed E-state index contributed by atoms with van der Waals surface area (Å²) < 4.78 is 5.22. The molecule has 0 unspecified atom stereocenters. The minimum atomic E-state index is -0.553. The van der Waals surface area contributed by atoms with Crippen molar-refractivity contribution in [2.45, 2.75) is 70.9 Å². The number of hydrogen-bond donors (Lipinski definition) is 2. The zero-order chi connectivity index (χ0) is 33.4. The summed E-state index contributed by atoms with van der Waals surface area (Å²) in [5.74, 6) is 0.703. The van der Waals surface area contributed by atoms with E-state index in [2.05, 4.69) is 39.9 Å². The summed E-state index contributed by atoms with van der Waals surface area (Å²) in [6, 6.07) is 18.5. The maximum atomic E-state index is 13.3. The Balaban J connectivity index is 1.05. The van der Waals surface area contributed by atoms with Crippen LogP contribution in [0, 0.1) is 5.92 Å². The highest BCUT2D eigenvalue weighted by atomic mass is 35.5. The van der Waals surface area contributed by atoms with E-state index < -0.39 is 11.7 Å². The van der Waals surface area contributed by atoms with Gasteiger partial charge in [-0.1, -0.05) is 60.1 Å². The minimum Gasteiger partial charge on any atom is -0.444 e. The van der Waals surface area contributed by atoms with Gasteiger partial charge in [-0.15, -0.1) is 0 Å². The monoisotopic (exact) mass is 660 g/mol. The zero-order valence-corrected chi connectivity index (χ0v) is 28.3. The van der Waals surface area contributed by atoms with Crippen LogP contribution >= 0.6 is 11.6 Å². The summed E-state index contributed by atoms with van der Waals surface area (Å²) in [6.45, 7) is 8.31. The van der Waals surface area contributed by atoms with E-state index in [1.54, 1.807) is 6.20 Å². The standard InChI is InChI=1S/C36H45ClN6O4/c1-36(2,3)47-35(46)38-18-8-13-31(44)42-19-14-26(15-20-42)33(45)43-21-16-29(17-22-43)40-34-39-24-30(37)32(41-34)28-12-7-11-27(23-28)25-9-5-4-6-10-25/h4-7,9-12,23-24,26,29H,8,13-22H2,1-3H3,(H,38,46)(H,39,40,41). The highest BCUT2D eigenvalue weighted by molar-refractivity contribution is 6.32. The van der Waals surface area contributed by atoms with Crippen molar-refractivity contribution in [1.82, 2.24) is 25.1 Å². The second-order valence-corrected chi connectivity index (χ2v) is 13.7. The summed E-state index contributed by atoms with van der Waals surface area (Å²) in [5, 5.41) is 6.65. The van der Waals surface area contributed by atoms with Crippen molar-refractivity contribution in [2.75, 3.05) is 38.0 Å². The quantitative estimate of drug-likeness (QED) is 0.255. The zero-order valence-electron chi connectivity index (χ0n) is 27.5. The molecule has 3 amide bonds. The van der Waals surface area contributed by atoms with E-state index in [9.17, 15) is 14.4 Å². The molecule has 11 heteroatoms. The molecule has 0 spiro atoms. The number of benzene rings is 2. The average molecular weight is 661 g/mol. The Hall–Kier alpha value is -4.18. The Morgan fingerprint density at radius 2 is 1.55 bits per heavy atom. The lowest BCUT2D eigenvalue weighted by molar-refractivity contribution is -0.141. The Morgan fingerprint density at radius 3 is 2.26 bits per heavy atom. The van der Waals surface area contributed by atoms with Crippen LogP contribution in [0.4, 0.5) is 10.7 Å². The molecule has 1 aromatic heterocycles. The molecule has 2 saturated heterocycles. The van der Waals surface area contributed by atoms with E-state index >= 15 is 0 Å². The van der Waals surface area contributed by atoms with E-state index in [0.717, 1.165) is 29.5 Å². The van der Waals surface area contributed by atoms with Gasteiger partial charge in [0.2, 0.25) is 17.8 Å². The van der Waals surface area contributed by atoms with E-state index in [-0.39, 0.29) is 23.8 Å². The number of rotatable bonds is 9. The molecule has 2 aromatic carbocycles. The topological polar surface area (TPSA) is 117 Å². The number of aromatic nitrogens is 2. The molecule has 2 aliphatic rings. The fraction of sp³-hybridized carbons (Fsp3) is 0.472. The van der Waals surface area contributed by atoms with Crippen molar-refractivity contribution in [2.24, 2.45) is 5.92 Å². The number of anilines is 1. The van der Waals surface area contributed by atoms with E-state index in [0.29, 0.717) is 75.1 Å². The van der Waals surface area contributed by atoms with Crippen LogP contribution in [0.15, 0.2) is 60.8 Å². The van der Waals surface area contributed by atoms with Crippen LogP contribution in [0.25, 0.3) is 22.4 Å². The lowest BCUT2D eigenvalue weighted by atomic mass is 9.93. The smallest absolute Gasteiger partial charge is 0.407 e. The van der Waals surface area contributed by atoms with Crippen molar-refractivity contribution in [3.05, 3.63) is 65.8 Å². The van der Waals surface area contributed by atoms with Crippen LogP contribution in [0.3, 0.4) is 0 Å². The SMILES string of the molecule is CC(C)(C)OC(=O)NCCCC(=O)N1CCC(C(=O)N2CCC(Nc3ncc(Cl)c(-c4cccc(-c5ccccc5)c4)n3)CC2)CC1. The van der Waals surface area contributed by atoms with Crippen molar-refractivity contribution in [3.63, 3.8) is 0 Å². The van der Waals surface area contributed by atoms with Gasteiger partial charge in [-0.2, -0.15) is 0 Å². The molecule has 2 N–H and O–H groups in total. The Labute approximate surface area is 282 Å². The average Bonchev–Trinajstić information content (AvgIpc) is 3.07. The number of nitrogens with one attached hydrogen (secondary N) is 2. The summed E-state index contributed by atoms with van der Waals surface area (Å²) in [5.41, 5.74) is 3.26. The second-order valence-electron chi connectivity index (χ2n) is 13.3. The summed E-state index contributed by atoms with van der Waals surface area (Å²) in [4.78, 5) is 50.8. The molecule has 2 aliphatic heterocycles. The second kappa shape index (κ2) is 15.6. The number of halogens is 1. The maximum absolute atomic E-state index is 13.3. The van der Waals surface area contributed by atoms with E-state index in [4.69, 9.17) is 21.3 Å². The number of piperidine rings is 2. The molecule has 250 valence electrons. The largest absolute Gasteiger partial charge is 0.444 e. The molecular formula is C36H45ClN6O4. The predicted octanol–water partition coefficient (Wildman–Crippen LogP) is 6.41. The number of ether oxygens (including phenoxy) is 1. The number of amides is 3. The van der Waals surface area contributed by atoms with E-state index in [1.807, 2.05) is 60.9 Å². The molecule has 5 rings (SSSR count). The molecule has 0 radical (unpaired) electrons. The number of alkyl carbamates (subject to hydrolysis) is 1. The lowest BCUT2D eigenvalue weighted by Crippen LogP contribution is -2.48. The van der Waals surface area contributed by atoms with Gasteiger partial charge in [0.1, 0.15) is 5.60 Å². The Morgan fingerprint density at radius 1 is 0.894 bits per heavy atom. The van der Waals surface area contributed by atoms with Crippen molar-refractivity contribution in [1.29, 1.82) is 0 Å². The highest BCUT2D eigenvalue weighted by Gasteiger charge is 2.32. The molecular weight excluding hydrogens is 616 g/mol. The van der Waals surface area contributed by atoms with Crippen molar-refractivity contribution < 1.29 is 19.1 Å². The summed E-state index contributed by atoms with van der Waals surface area (Å²) in [7, 11) is 0. The first kappa shape index (κ1) is 34.2. The summed E-state index contributed by atoms with van der Waals surface area (Å²) in [6.07, 6.45) is 5.00. The van der Waals surface area contributed by atoms with Gasteiger partial charge in [-0.3, -0.25) is 9.59 Å². The van der Waals surface area contributed by atoms with Gasteiger partial charge in [0, 0.05) is 56.7 Å². The minimum absolute atomic E-state index is 0.0604. The number of nitrogens with zero attached hydrogens (tertiary/aromatic N) is 4. The van der Waals surface area contributed by atoms with Gasteiger partial charge in [0.05, 0.1) is 16.9 Å². The van der Waals surface area contributed by atoms with Gasteiger partial charge in [-0.25, -0.2) is 14.8 Å². The lowest BCUT2D eigenvalue weighted by Gasteiger charge is -2.37. The van der Waals surface area contributed by atoms with Gasteiger partial charge in [0.15, 0.2) is 0 Å². The number of carbonyl (C=O) groups excluding carboxylic acids is 3. The first-order valence-electron chi connectivity index (χ1n) is 16.5. The number of carbonyl (C=O) groups is 3. The third-order valence-electron chi connectivity index (χ3n) is 8.56. The molecule has 0 atom stereocenters. The van der Waals surface area contributed by atoms with Gasteiger partial charge >= 0.3 is 6.09 Å². The van der Waals surface area contributed by atoms with Crippen LogP contribution in [0.2, 0.25) is 5.02 Å². The first-order chi connectivity index (χ1) is 22.6. The molecule has 47 heavy (non-hydrogen) atoms. The van der Waals surface area contributed by atoms with Crippen molar-refractivity contribution >= 4 is 35.5 Å².